The summed E-state index contributed by atoms with van der Waals surface area (Å²) < 4.78 is 32.6. The van der Waals surface area contributed by atoms with Crippen LogP contribution in [0.25, 0.3) is 0 Å². The molecule has 22 heavy (non-hydrogen) atoms. The maximum atomic E-state index is 13.0. The van der Waals surface area contributed by atoms with Gasteiger partial charge < -0.3 is 9.63 Å². The molecule has 1 N–H and O–H groups in total. The van der Waals surface area contributed by atoms with Crippen molar-refractivity contribution >= 4 is 10.0 Å². The van der Waals surface area contributed by atoms with Crippen LogP contribution < -0.4 is 0 Å². The minimum absolute atomic E-state index is 0.00486. The first-order chi connectivity index (χ1) is 10.3. The molecule has 124 valence electrons. The van der Waals surface area contributed by atoms with Crippen LogP contribution in [0.1, 0.15) is 50.5 Å². The van der Waals surface area contributed by atoms with Crippen molar-refractivity contribution in [3.8, 4) is 0 Å². The van der Waals surface area contributed by atoms with Gasteiger partial charge in [-0.2, -0.15) is 4.31 Å². The minimum atomic E-state index is -3.64. The summed E-state index contributed by atoms with van der Waals surface area (Å²) in [7, 11) is -3.64. The smallest absolute Gasteiger partial charge is 0.248 e. The number of aliphatic hydroxyl groups is 1. The van der Waals surface area contributed by atoms with E-state index in [2.05, 4.69) is 5.16 Å². The van der Waals surface area contributed by atoms with E-state index < -0.39 is 15.6 Å². The zero-order chi connectivity index (χ0) is 16.1. The summed E-state index contributed by atoms with van der Waals surface area (Å²) in [4.78, 5) is 0.181. The van der Waals surface area contributed by atoms with Crippen LogP contribution in [-0.4, -0.2) is 41.2 Å². The molecule has 0 radical (unpaired) electrons. The third-order valence-corrected chi connectivity index (χ3v) is 7.63. The first-order valence-electron chi connectivity index (χ1n) is 7.94. The molecule has 0 aromatic carbocycles. The Kier molecular flexibility index (Phi) is 3.86. The van der Waals surface area contributed by atoms with Gasteiger partial charge in [-0.05, 0) is 40.0 Å². The number of aryl methyl sites for hydroxylation is 2. The van der Waals surface area contributed by atoms with E-state index in [0.717, 1.165) is 25.7 Å². The molecule has 2 fully saturated rings. The van der Waals surface area contributed by atoms with Gasteiger partial charge in [0.05, 0.1) is 5.60 Å². The van der Waals surface area contributed by atoms with Crippen LogP contribution in [0.3, 0.4) is 0 Å². The van der Waals surface area contributed by atoms with Gasteiger partial charge >= 0.3 is 0 Å². The van der Waals surface area contributed by atoms with Crippen molar-refractivity contribution in [2.75, 3.05) is 6.54 Å². The average Bonchev–Trinajstić information content (AvgIpc) is 2.78. The monoisotopic (exact) mass is 328 g/mol. The molecule has 2 heterocycles. The van der Waals surface area contributed by atoms with E-state index in [4.69, 9.17) is 4.52 Å². The predicted octanol–water partition coefficient (Wildman–Crippen LogP) is 2.00. The number of aromatic nitrogens is 1. The Morgan fingerprint density at radius 3 is 2.68 bits per heavy atom. The molecule has 3 rings (SSSR count). The molecular weight excluding hydrogens is 304 g/mol. The molecule has 1 aromatic heterocycles. The first kappa shape index (κ1) is 16.0. The fraction of sp³-hybridized carbons (Fsp3) is 0.800. The van der Waals surface area contributed by atoms with Crippen LogP contribution in [0.2, 0.25) is 0 Å². The normalized spacial score (nSPS) is 33.6. The van der Waals surface area contributed by atoms with Crippen LogP contribution in [0.5, 0.6) is 0 Å². The molecule has 6 nitrogen and oxygen atoms in total. The Labute approximate surface area is 131 Å². The summed E-state index contributed by atoms with van der Waals surface area (Å²) in [6, 6.07) is -0.210. The second kappa shape index (κ2) is 5.32. The van der Waals surface area contributed by atoms with Gasteiger partial charge in [-0.15, -0.1) is 0 Å². The van der Waals surface area contributed by atoms with Crippen molar-refractivity contribution in [1.29, 1.82) is 0 Å². The zero-order valence-corrected chi connectivity index (χ0v) is 14.2. The quantitative estimate of drug-likeness (QED) is 0.897. The van der Waals surface area contributed by atoms with Gasteiger partial charge in [0.2, 0.25) is 10.0 Å². The van der Waals surface area contributed by atoms with Crippen LogP contribution in [0, 0.1) is 19.8 Å². The van der Waals surface area contributed by atoms with E-state index in [1.165, 1.54) is 4.31 Å². The van der Waals surface area contributed by atoms with Gasteiger partial charge in [-0.3, -0.25) is 0 Å². The minimum Gasteiger partial charge on any atom is -0.389 e. The fourth-order valence-electron chi connectivity index (χ4n) is 4.26. The molecular formula is C15H24N2O4S. The third-order valence-electron chi connectivity index (χ3n) is 5.40. The molecule has 1 aromatic rings. The topological polar surface area (TPSA) is 83.6 Å². The van der Waals surface area contributed by atoms with E-state index in [1.807, 2.05) is 6.92 Å². The van der Waals surface area contributed by atoms with E-state index >= 15 is 0 Å². The highest BCUT2D eigenvalue weighted by Gasteiger charge is 2.50. The molecule has 1 saturated carbocycles. The summed E-state index contributed by atoms with van der Waals surface area (Å²) >= 11 is 0. The van der Waals surface area contributed by atoms with Crippen LogP contribution >= 0.6 is 0 Å². The Bertz CT molecular complexity index is 650. The van der Waals surface area contributed by atoms with Gasteiger partial charge in [0.1, 0.15) is 10.6 Å². The van der Waals surface area contributed by atoms with Gasteiger partial charge in [-0.1, -0.05) is 18.0 Å². The maximum absolute atomic E-state index is 13.0. The maximum Gasteiger partial charge on any atom is 0.248 e. The molecule has 3 atom stereocenters. The summed E-state index contributed by atoms with van der Waals surface area (Å²) in [6.07, 6.45) is 4.24. The Balaban J connectivity index is 1.96. The van der Waals surface area contributed by atoms with Gasteiger partial charge in [-0.25, -0.2) is 8.42 Å². The summed E-state index contributed by atoms with van der Waals surface area (Å²) in [5, 5.41) is 14.6. The molecule has 1 aliphatic carbocycles. The van der Waals surface area contributed by atoms with Crippen LogP contribution in [0.15, 0.2) is 9.42 Å². The summed E-state index contributed by atoms with van der Waals surface area (Å²) in [5.41, 5.74) is -0.309. The Hall–Kier alpha value is -0.920. The Morgan fingerprint density at radius 1 is 1.32 bits per heavy atom. The van der Waals surface area contributed by atoms with Crippen molar-refractivity contribution in [2.45, 2.75) is 69.4 Å². The van der Waals surface area contributed by atoms with Crippen molar-refractivity contribution in [2.24, 2.45) is 5.92 Å². The standard InChI is InChI=1S/C15H24N2O4S/c1-10-14(12(3)21-16-10)22(19,20)17-9-8-15(18)7-5-4-6-13(15)11(17)2/h11,13,18H,4-9H2,1-3H3/t11-,13+,15-/m0/s1. The number of nitrogens with zero attached hydrogens (tertiary/aromatic N) is 2. The SMILES string of the molecule is Cc1noc(C)c1S(=O)(=O)N1CC[C@@]2(O)CCCC[C@@H]2[C@@H]1C. The molecule has 7 heteroatoms. The number of rotatable bonds is 2. The van der Waals surface area contributed by atoms with Crippen molar-refractivity contribution in [1.82, 2.24) is 9.46 Å². The lowest BCUT2D eigenvalue weighted by Gasteiger charge is -2.50. The van der Waals surface area contributed by atoms with E-state index in [1.54, 1.807) is 13.8 Å². The molecule has 0 bridgehead atoms. The number of piperidine rings is 1. The zero-order valence-electron chi connectivity index (χ0n) is 13.4. The first-order valence-corrected chi connectivity index (χ1v) is 9.38. The van der Waals surface area contributed by atoms with Gasteiger partial charge in [0.15, 0.2) is 5.76 Å². The lowest BCUT2D eigenvalue weighted by Crippen LogP contribution is -2.59. The van der Waals surface area contributed by atoms with Crippen LogP contribution in [-0.2, 0) is 10.0 Å². The number of hydrogen-bond donors (Lipinski definition) is 1. The van der Waals surface area contributed by atoms with Gasteiger partial charge in [0.25, 0.3) is 0 Å². The molecule has 0 spiro atoms. The van der Waals surface area contributed by atoms with E-state index in [9.17, 15) is 13.5 Å². The number of hydrogen-bond acceptors (Lipinski definition) is 5. The number of sulfonamides is 1. The Morgan fingerprint density at radius 2 is 2.05 bits per heavy atom. The molecule has 2 aliphatic rings. The summed E-state index contributed by atoms with van der Waals surface area (Å²) in [6.45, 7) is 5.53. The number of fused-ring (bicyclic) bond motifs is 1. The second-order valence-corrected chi connectivity index (χ2v) is 8.54. The lowest BCUT2D eigenvalue weighted by molar-refractivity contribution is -0.101. The second-order valence-electron chi connectivity index (χ2n) is 6.72. The highest BCUT2D eigenvalue weighted by molar-refractivity contribution is 7.89. The highest BCUT2D eigenvalue weighted by atomic mass is 32.2. The van der Waals surface area contributed by atoms with Crippen LogP contribution in [0.4, 0.5) is 0 Å². The van der Waals surface area contributed by atoms with Gasteiger partial charge in [0, 0.05) is 18.5 Å². The van der Waals surface area contributed by atoms with E-state index in [0.29, 0.717) is 24.4 Å². The highest BCUT2D eigenvalue weighted by Crippen LogP contribution is 2.44. The largest absolute Gasteiger partial charge is 0.389 e. The average molecular weight is 328 g/mol. The molecule has 0 amide bonds. The predicted molar refractivity (Wildman–Crippen MR) is 80.9 cm³/mol. The molecule has 0 unspecified atom stereocenters. The van der Waals surface area contributed by atoms with Crippen molar-refractivity contribution in [3.63, 3.8) is 0 Å². The molecule has 1 saturated heterocycles. The third kappa shape index (κ3) is 2.30. The van der Waals surface area contributed by atoms with E-state index in [-0.39, 0.29) is 16.9 Å². The summed E-state index contributed by atoms with van der Waals surface area (Å²) in [5.74, 6) is 0.333. The van der Waals surface area contributed by atoms with Crippen molar-refractivity contribution < 1.29 is 18.0 Å². The molecule has 1 aliphatic heterocycles. The lowest BCUT2D eigenvalue weighted by atomic mass is 9.68. The van der Waals surface area contributed by atoms with Crippen molar-refractivity contribution in [3.05, 3.63) is 11.5 Å². The fourth-order valence-corrected chi connectivity index (χ4v) is 6.22.